The summed E-state index contributed by atoms with van der Waals surface area (Å²) >= 11 is 0. The predicted octanol–water partition coefficient (Wildman–Crippen LogP) is 3.41. The normalized spacial score (nSPS) is 15.4. The van der Waals surface area contributed by atoms with E-state index in [-0.39, 0.29) is 0 Å². The van der Waals surface area contributed by atoms with Gasteiger partial charge in [-0.05, 0) is 24.6 Å². The minimum absolute atomic E-state index is 0.702. The van der Waals surface area contributed by atoms with E-state index in [0.717, 1.165) is 23.4 Å². The van der Waals surface area contributed by atoms with Crippen LogP contribution in [0.15, 0.2) is 77.8 Å². The van der Waals surface area contributed by atoms with Crippen LogP contribution in [0.2, 0.25) is 0 Å². The molecular formula is C18H23N3O. The Bertz CT molecular complexity index is 591. The molecule has 1 rings (SSSR count). The summed E-state index contributed by atoms with van der Waals surface area (Å²) in [6.45, 7) is 9.46. The van der Waals surface area contributed by atoms with E-state index in [2.05, 4.69) is 18.2 Å². The molecule has 1 aliphatic carbocycles. The second kappa shape index (κ2) is 8.62. The van der Waals surface area contributed by atoms with E-state index in [1.54, 1.807) is 30.3 Å². The molecule has 0 spiro atoms. The van der Waals surface area contributed by atoms with E-state index >= 15 is 0 Å². The van der Waals surface area contributed by atoms with Crippen LogP contribution < -0.4 is 0 Å². The summed E-state index contributed by atoms with van der Waals surface area (Å²) in [6, 6.07) is 0. The Morgan fingerprint density at radius 3 is 2.59 bits per heavy atom. The van der Waals surface area contributed by atoms with Gasteiger partial charge in [-0.25, -0.2) is 4.99 Å². The molecule has 22 heavy (non-hydrogen) atoms. The van der Waals surface area contributed by atoms with Gasteiger partial charge in [0.25, 0.3) is 0 Å². The number of amides is 1. The first-order valence-corrected chi connectivity index (χ1v) is 7.02. The lowest BCUT2D eigenvalue weighted by Gasteiger charge is -2.26. The molecule has 1 aliphatic rings. The lowest BCUT2D eigenvalue weighted by Crippen LogP contribution is -2.28. The lowest BCUT2D eigenvalue weighted by molar-refractivity contribution is -0.115. The minimum Gasteiger partial charge on any atom is -0.331 e. The Morgan fingerprint density at radius 2 is 2.00 bits per heavy atom. The van der Waals surface area contributed by atoms with Crippen LogP contribution in [0.5, 0.6) is 0 Å². The van der Waals surface area contributed by atoms with E-state index in [1.807, 2.05) is 43.2 Å². The predicted molar refractivity (Wildman–Crippen MR) is 93.1 cm³/mol. The van der Waals surface area contributed by atoms with Crippen molar-refractivity contribution in [3.63, 3.8) is 0 Å². The highest BCUT2D eigenvalue weighted by Crippen LogP contribution is 2.20. The molecule has 4 heteroatoms. The Kier molecular flexibility index (Phi) is 6.83. The van der Waals surface area contributed by atoms with Crippen LogP contribution in [-0.4, -0.2) is 36.1 Å². The van der Waals surface area contributed by atoms with Crippen molar-refractivity contribution in [1.29, 1.82) is 0 Å². The Balaban J connectivity index is 3.27. The summed E-state index contributed by atoms with van der Waals surface area (Å²) in [5, 5.41) is 0. The van der Waals surface area contributed by atoms with Gasteiger partial charge < -0.3 is 9.80 Å². The molecule has 0 aromatic rings. The molecule has 0 aliphatic heterocycles. The molecular weight excluding hydrogens is 274 g/mol. The number of nitrogens with zero attached hydrogens (tertiary/aromatic N) is 3. The number of rotatable bonds is 6. The number of allylic oxidation sites excluding steroid dienone is 6. The Labute approximate surface area is 132 Å². The van der Waals surface area contributed by atoms with Gasteiger partial charge in [-0.3, -0.25) is 4.79 Å². The van der Waals surface area contributed by atoms with Crippen LogP contribution in [0.25, 0.3) is 0 Å². The summed E-state index contributed by atoms with van der Waals surface area (Å²) in [5.74, 6) is 0.705. The Morgan fingerprint density at radius 1 is 1.27 bits per heavy atom. The number of hydrogen-bond donors (Lipinski definition) is 0. The third kappa shape index (κ3) is 4.45. The van der Waals surface area contributed by atoms with Gasteiger partial charge in [0.05, 0.1) is 5.70 Å². The quantitative estimate of drug-likeness (QED) is 0.326. The molecule has 0 saturated heterocycles. The van der Waals surface area contributed by atoms with Crippen molar-refractivity contribution in [2.24, 2.45) is 4.99 Å². The van der Waals surface area contributed by atoms with E-state index in [0.29, 0.717) is 12.3 Å². The van der Waals surface area contributed by atoms with Gasteiger partial charge in [0, 0.05) is 32.4 Å². The molecule has 0 atom stereocenters. The van der Waals surface area contributed by atoms with Crippen molar-refractivity contribution in [1.82, 2.24) is 9.80 Å². The molecule has 0 unspecified atom stereocenters. The summed E-state index contributed by atoms with van der Waals surface area (Å²) in [7, 11) is 3.65. The highest BCUT2D eigenvalue weighted by atomic mass is 16.1. The van der Waals surface area contributed by atoms with E-state index in [9.17, 15) is 4.79 Å². The Hall–Kier alpha value is -2.62. The number of carbonyl (C=O) groups is 1. The van der Waals surface area contributed by atoms with Crippen LogP contribution >= 0.6 is 0 Å². The standard InChI is InChI=1S/C18H23N3O/c1-6-15(3)13-19-18(7-2)21(5)17-12-10-8-9-11-16(17)20(4)14-22/h6-11,13-14H,1-2,12H2,3-5H3/b15-13+,19-18?. The van der Waals surface area contributed by atoms with Gasteiger partial charge in [-0.2, -0.15) is 0 Å². The van der Waals surface area contributed by atoms with Gasteiger partial charge in [-0.15, -0.1) is 0 Å². The van der Waals surface area contributed by atoms with Crippen LogP contribution in [0.3, 0.4) is 0 Å². The minimum atomic E-state index is 0.702. The summed E-state index contributed by atoms with van der Waals surface area (Å²) in [6.07, 6.45) is 14.5. The van der Waals surface area contributed by atoms with Crippen molar-refractivity contribution < 1.29 is 4.79 Å². The molecule has 0 saturated carbocycles. The molecule has 0 bridgehead atoms. The zero-order valence-corrected chi connectivity index (χ0v) is 13.5. The van der Waals surface area contributed by atoms with Gasteiger partial charge in [-0.1, -0.05) is 37.5 Å². The summed E-state index contributed by atoms with van der Waals surface area (Å²) < 4.78 is 0. The van der Waals surface area contributed by atoms with Crippen molar-refractivity contribution in [2.75, 3.05) is 14.1 Å². The largest absolute Gasteiger partial charge is 0.331 e. The van der Waals surface area contributed by atoms with Crippen LogP contribution in [0, 0.1) is 0 Å². The maximum Gasteiger partial charge on any atom is 0.213 e. The zero-order chi connectivity index (χ0) is 16.5. The summed E-state index contributed by atoms with van der Waals surface area (Å²) in [4.78, 5) is 19.1. The third-order valence-electron chi connectivity index (χ3n) is 3.30. The maximum absolute atomic E-state index is 11.1. The SMILES string of the molecule is C=CC(=N/C=C(\C)C=C)N(C)C1=C(N(C)C=O)C=CC=CC1. The third-order valence-corrected chi connectivity index (χ3v) is 3.30. The smallest absolute Gasteiger partial charge is 0.213 e. The lowest BCUT2D eigenvalue weighted by atomic mass is 10.2. The molecule has 116 valence electrons. The summed E-state index contributed by atoms with van der Waals surface area (Å²) in [5.41, 5.74) is 2.77. The fraction of sp³-hybridized carbons (Fsp3) is 0.222. The van der Waals surface area contributed by atoms with E-state index < -0.39 is 0 Å². The molecule has 0 radical (unpaired) electrons. The highest BCUT2D eigenvalue weighted by molar-refractivity contribution is 5.94. The van der Waals surface area contributed by atoms with Crippen LogP contribution in [0.4, 0.5) is 0 Å². The average molecular weight is 297 g/mol. The first-order chi connectivity index (χ1) is 10.5. The van der Waals surface area contributed by atoms with Gasteiger partial charge in [0.1, 0.15) is 5.84 Å². The van der Waals surface area contributed by atoms with Gasteiger partial charge in [0.15, 0.2) is 0 Å². The number of aliphatic imine (C=N–C) groups is 1. The van der Waals surface area contributed by atoms with E-state index in [1.165, 1.54) is 0 Å². The number of carbonyl (C=O) groups excluding carboxylic acids is 1. The molecule has 0 aromatic carbocycles. The van der Waals surface area contributed by atoms with Crippen LogP contribution in [-0.2, 0) is 4.79 Å². The second-order valence-electron chi connectivity index (χ2n) is 4.87. The molecule has 0 fully saturated rings. The van der Waals surface area contributed by atoms with Crippen LogP contribution in [0.1, 0.15) is 13.3 Å². The fourth-order valence-corrected chi connectivity index (χ4v) is 1.93. The van der Waals surface area contributed by atoms with Crippen molar-refractivity contribution in [3.05, 3.63) is 72.8 Å². The van der Waals surface area contributed by atoms with E-state index in [4.69, 9.17) is 0 Å². The van der Waals surface area contributed by atoms with Crippen molar-refractivity contribution in [3.8, 4) is 0 Å². The number of likely N-dealkylation sites (N-methyl/N-ethyl adjacent to an activating group) is 2. The fourth-order valence-electron chi connectivity index (χ4n) is 1.93. The monoisotopic (exact) mass is 297 g/mol. The number of hydrogen-bond acceptors (Lipinski definition) is 2. The van der Waals surface area contributed by atoms with Crippen molar-refractivity contribution in [2.45, 2.75) is 13.3 Å². The van der Waals surface area contributed by atoms with Crippen molar-refractivity contribution >= 4 is 12.2 Å². The highest BCUT2D eigenvalue weighted by Gasteiger charge is 2.15. The maximum atomic E-state index is 11.1. The molecule has 0 N–H and O–H groups in total. The second-order valence-corrected chi connectivity index (χ2v) is 4.87. The average Bonchev–Trinajstić information content (AvgIpc) is 2.79. The molecule has 0 heterocycles. The van der Waals surface area contributed by atoms with Gasteiger partial charge >= 0.3 is 0 Å². The topological polar surface area (TPSA) is 35.9 Å². The first-order valence-electron chi connectivity index (χ1n) is 7.02. The molecule has 1 amide bonds. The zero-order valence-electron chi connectivity index (χ0n) is 13.5. The van der Waals surface area contributed by atoms with Gasteiger partial charge in [0.2, 0.25) is 6.41 Å². The molecule has 0 aromatic heterocycles. The number of amidine groups is 1. The first kappa shape index (κ1) is 17.4. The molecule has 4 nitrogen and oxygen atoms in total.